The van der Waals surface area contributed by atoms with Crippen molar-refractivity contribution < 1.29 is 17.4 Å². The molecular weight excluding hydrogens is 442 g/mol. The minimum Gasteiger partial charge on any atom is -0.377 e. The van der Waals surface area contributed by atoms with Gasteiger partial charge in [-0.1, -0.05) is 6.07 Å². The van der Waals surface area contributed by atoms with Crippen molar-refractivity contribution in [2.75, 3.05) is 0 Å². The zero-order valence-corrected chi connectivity index (χ0v) is 16.7. The smallest absolute Gasteiger partial charge is 0.358 e. The number of aromatic nitrogens is 2. The van der Waals surface area contributed by atoms with Crippen molar-refractivity contribution in [3.05, 3.63) is 45.0 Å². The van der Waals surface area contributed by atoms with Crippen molar-refractivity contribution in [3.63, 3.8) is 0 Å². The highest BCUT2D eigenvalue weighted by Gasteiger charge is 2.30. The summed E-state index contributed by atoms with van der Waals surface area (Å²) in [5, 5.41) is 1.60. The molecule has 7 nitrogen and oxygen atoms in total. The van der Waals surface area contributed by atoms with Gasteiger partial charge in [0.25, 0.3) is 5.91 Å². The van der Waals surface area contributed by atoms with Gasteiger partial charge in [0, 0.05) is 11.6 Å². The van der Waals surface area contributed by atoms with Gasteiger partial charge in [-0.15, -0.1) is 11.3 Å². The van der Waals surface area contributed by atoms with E-state index in [1.165, 1.54) is 21.8 Å². The lowest BCUT2D eigenvalue weighted by Gasteiger charge is -2.20. The van der Waals surface area contributed by atoms with E-state index in [1.54, 1.807) is 17.6 Å². The number of carbonyl (C=O) groups excluding carboxylic acids is 1. The summed E-state index contributed by atoms with van der Waals surface area (Å²) in [6.45, 7) is 0. The van der Waals surface area contributed by atoms with Crippen LogP contribution in [0.5, 0.6) is 5.75 Å². The molecule has 1 aliphatic rings. The van der Waals surface area contributed by atoms with Gasteiger partial charge in [0.1, 0.15) is 4.60 Å². The maximum absolute atomic E-state index is 12.9. The van der Waals surface area contributed by atoms with Crippen LogP contribution in [0.4, 0.5) is 0 Å². The molecule has 0 bridgehead atoms. The fourth-order valence-corrected chi connectivity index (χ4v) is 6.20. The Morgan fingerprint density at radius 3 is 2.85 bits per heavy atom. The summed E-state index contributed by atoms with van der Waals surface area (Å²) >= 11 is 4.47. The van der Waals surface area contributed by atoms with Gasteiger partial charge in [0.05, 0.1) is 5.56 Å². The molecular formula is C16H14BrN3O4S2. The van der Waals surface area contributed by atoms with E-state index in [9.17, 15) is 13.2 Å². The molecule has 1 aromatic carbocycles. The Bertz CT molecular complexity index is 1130. The molecule has 2 aromatic heterocycles. The van der Waals surface area contributed by atoms with Gasteiger partial charge in [-0.25, -0.2) is 4.98 Å². The number of amides is 1. The third-order valence-corrected chi connectivity index (χ3v) is 7.19. The number of halogens is 1. The van der Waals surface area contributed by atoms with Crippen molar-refractivity contribution in [2.24, 2.45) is 5.73 Å². The number of nitrogens with two attached hydrogens (primary N) is 1. The molecule has 10 heteroatoms. The van der Waals surface area contributed by atoms with Crippen LogP contribution in [-0.2, 0) is 23.0 Å². The molecule has 1 aliphatic carbocycles. The molecule has 0 aliphatic heterocycles. The molecule has 4 rings (SSSR count). The number of benzene rings is 1. The minimum absolute atomic E-state index is 0.0461. The second-order valence-electron chi connectivity index (χ2n) is 5.95. The first-order chi connectivity index (χ1) is 12.4. The summed E-state index contributed by atoms with van der Waals surface area (Å²) in [6.07, 6.45) is 5.06. The number of aryl methyl sites for hydroxylation is 1. The first kappa shape index (κ1) is 17.5. The third-order valence-electron chi connectivity index (χ3n) is 4.36. The lowest BCUT2D eigenvalue weighted by molar-refractivity contribution is 0.0997. The van der Waals surface area contributed by atoms with Gasteiger partial charge in [-0.2, -0.15) is 8.42 Å². The predicted octanol–water partition coefficient (Wildman–Crippen LogP) is 2.90. The maximum Gasteiger partial charge on any atom is 0.358 e. The monoisotopic (exact) mass is 455 g/mol. The van der Waals surface area contributed by atoms with Gasteiger partial charge in [-0.05, 0) is 58.8 Å². The van der Waals surface area contributed by atoms with E-state index in [0.29, 0.717) is 11.4 Å². The molecule has 0 spiro atoms. The van der Waals surface area contributed by atoms with Gasteiger partial charge >= 0.3 is 10.1 Å². The van der Waals surface area contributed by atoms with Crippen LogP contribution in [0.15, 0.2) is 33.3 Å². The van der Waals surface area contributed by atoms with Crippen LogP contribution in [0.1, 0.15) is 34.3 Å². The van der Waals surface area contributed by atoms with Gasteiger partial charge in [0.2, 0.25) is 5.03 Å². The number of imidazole rings is 1. The number of thiazole rings is 1. The number of rotatable bonds is 4. The summed E-state index contributed by atoms with van der Waals surface area (Å²) in [6, 6.07) is 3.30. The second-order valence-corrected chi connectivity index (χ2v) is 9.03. The zero-order chi connectivity index (χ0) is 18.5. The van der Waals surface area contributed by atoms with Crippen molar-refractivity contribution in [2.45, 2.75) is 30.7 Å². The fourth-order valence-electron chi connectivity index (χ4n) is 3.27. The Morgan fingerprint density at radius 2 is 2.08 bits per heavy atom. The summed E-state index contributed by atoms with van der Waals surface area (Å²) in [4.78, 5) is 16.7. The van der Waals surface area contributed by atoms with Crippen molar-refractivity contribution in [1.82, 2.24) is 9.38 Å². The molecule has 136 valence electrons. The predicted molar refractivity (Wildman–Crippen MR) is 100 cm³/mol. The molecule has 0 atom stereocenters. The highest BCUT2D eigenvalue weighted by atomic mass is 79.9. The highest BCUT2D eigenvalue weighted by molar-refractivity contribution is 9.10. The molecule has 0 saturated heterocycles. The van der Waals surface area contributed by atoms with Crippen molar-refractivity contribution >= 4 is 48.3 Å². The molecule has 0 unspecified atom stereocenters. The Kier molecular flexibility index (Phi) is 4.28. The van der Waals surface area contributed by atoms with Crippen LogP contribution in [0.25, 0.3) is 4.96 Å². The van der Waals surface area contributed by atoms with Crippen LogP contribution in [0.3, 0.4) is 0 Å². The summed E-state index contributed by atoms with van der Waals surface area (Å²) in [5.74, 6) is -0.739. The second kappa shape index (κ2) is 6.36. The van der Waals surface area contributed by atoms with Gasteiger partial charge < -0.3 is 9.92 Å². The first-order valence-electron chi connectivity index (χ1n) is 7.88. The molecule has 2 heterocycles. The van der Waals surface area contributed by atoms with E-state index in [0.717, 1.165) is 30.4 Å². The molecule has 1 amide bonds. The normalized spacial score (nSPS) is 14.3. The average Bonchev–Trinajstić information content (AvgIpc) is 3.13. The van der Waals surface area contributed by atoms with E-state index in [-0.39, 0.29) is 20.9 Å². The molecule has 0 radical (unpaired) electrons. The van der Waals surface area contributed by atoms with E-state index in [4.69, 9.17) is 9.92 Å². The van der Waals surface area contributed by atoms with Crippen LogP contribution >= 0.6 is 27.3 Å². The third kappa shape index (κ3) is 2.81. The number of fused-ring (bicyclic) bond motifs is 2. The lowest BCUT2D eigenvalue weighted by atomic mass is 9.87. The first-order valence-corrected chi connectivity index (χ1v) is 11.0. The quantitative estimate of drug-likeness (QED) is 0.608. The fraction of sp³-hybridized carbons (Fsp3) is 0.250. The standard InChI is InChI=1S/C16H14BrN3O4S2/c17-13-15(20-7-8-25-16(20)19-13)26(22,23)24-11-6-5-9-3-1-2-4-10(9)12(11)14(18)21/h5-8H,1-4H2,(H2,18,21). The van der Waals surface area contributed by atoms with Crippen molar-refractivity contribution in [1.29, 1.82) is 0 Å². The molecule has 0 fully saturated rings. The Morgan fingerprint density at radius 1 is 1.31 bits per heavy atom. The van der Waals surface area contributed by atoms with Crippen LogP contribution in [-0.4, -0.2) is 23.7 Å². The van der Waals surface area contributed by atoms with Gasteiger partial charge in [-0.3, -0.25) is 9.20 Å². The Labute approximate surface area is 162 Å². The Hall–Kier alpha value is -1.91. The summed E-state index contributed by atoms with van der Waals surface area (Å²) in [7, 11) is -4.23. The summed E-state index contributed by atoms with van der Waals surface area (Å²) < 4.78 is 32.7. The van der Waals surface area contributed by atoms with E-state index in [2.05, 4.69) is 20.9 Å². The van der Waals surface area contributed by atoms with Crippen LogP contribution in [0.2, 0.25) is 0 Å². The van der Waals surface area contributed by atoms with Gasteiger partial charge in [0.15, 0.2) is 10.7 Å². The average molecular weight is 456 g/mol. The summed E-state index contributed by atoms with van der Waals surface area (Å²) in [5.41, 5.74) is 7.48. The van der Waals surface area contributed by atoms with Crippen LogP contribution in [0, 0.1) is 0 Å². The number of hydrogen-bond acceptors (Lipinski definition) is 6. The van der Waals surface area contributed by atoms with Crippen molar-refractivity contribution in [3.8, 4) is 5.75 Å². The number of primary amides is 1. The SMILES string of the molecule is NC(=O)c1c(OS(=O)(=O)c2c(Br)nc3sccn23)ccc2c1CCCC2. The molecule has 0 saturated carbocycles. The minimum atomic E-state index is -4.23. The van der Waals surface area contributed by atoms with E-state index in [1.807, 2.05) is 0 Å². The van der Waals surface area contributed by atoms with Crippen LogP contribution < -0.4 is 9.92 Å². The number of hydrogen-bond donors (Lipinski definition) is 1. The van der Waals surface area contributed by atoms with E-state index < -0.39 is 16.0 Å². The largest absolute Gasteiger partial charge is 0.377 e. The zero-order valence-electron chi connectivity index (χ0n) is 13.4. The molecule has 2 N–H and O–H groups in total. The maximum atomic E-state index is 12.9. The topological polar surface area (TPSA) is 104 Å². The number of nitrogens with zero attached hydrogens (tertiary/aromatic N) is 2. The molecule has 26 heavy (non-hydrogen) atoms. The number of carbonyl (C=O) groups is 1. The lowest BCUT2D eigenvalue weighted by Crippen LogP contribution is -2.21. The highest BCUT2D eigenvalue weighted by Crippen LogP contribution is 2.34. The molecule has 3 aromatic rings. The van der Waals surface area contributed by atoms with E-state index >= 15 is 0 Å². The Balaban J connectivity index is 1.83.